The molecule has 3 nitrogen and oxygen atoms in total. The third kappa shape index (κ3) is 2.49. The van der Waals surface area contributed by atoms with Crippen molar-refractivity contribution < 1.29 is 4.79 Å². The first kappa shape index (κ1) is 10.5. The highest BCUT2D eigenvalue weighted by atomic mass is 35.5. The maximum atomic E-state index is 11.5. The number of hydrogen-bond acceptors (Lipinski definition) is 2. The topological polar surface area (TPSA) is 32.3 Å². The Morgan fingerprint density at radius 1 is 1.40 bits per heavy atom. The molecule has 0 aliphatic carbocycles. The number of carbonyl (C=O) groups excluding carboxylic acids is 1. The number of hydrazine groups is 1. The minimum Gasteiger partial charge on any atom is -0.274 e. The van der Waals surface area contributed by atoms with E-state index >= 15 is 0 Å². The second kappa shape index (κ2) is 4.64. The molecule has 1 fully saturated rings. The number of nitrogens with zero attached hydrogens (tertiary/aromatic N) is 1. The lowest BCUT2D eigenvalue weighted by Gasteiger charge is -2.27. The summed E-state index contributed by atoms with van der Waals surface area (Å²) < 4.78 is 0. The van der Waals surface area contributed by atoms with E-state index < -0.39 is 0 Å². The van der Waals surface area contributed by atoms with Gasteiger partial charge in [-0.2, -0.15) is 0 Å². The summed E-state index contributed by atoms with van der Waals surface area (Å²) in [6, 6.07) is 7.59. The number of amides is 1. The summed E-state index contributed by atoms with van der Waals surface area (Å²) in [7, 11) is 0. The first-order valence-corrected chi connectivity index (χ1v) is 5.42. The largest absolute Gasteiger partial charge is 0.274 e. The fourth-order valence-electron chi connectivity index (χ4n) is 1.62. The Kier molecular flexibility index (Phi) is 3.23. The molecule has 1 aliphatic rings. The van der Waals surface area contributed by atoms with Crippen molar-refractivity contribution in [1.29, 1.82) is 0 Å². The minimum absolute atomic E-state index is 0.140. The van der Waals surface area contributed by atoms with Crippen LogP contribution in [0.25, 0.3) is 0 Å². The van der Waals surface area contributed by atoms with Crippen LogP contribution in [0.15, 0.2) is 24.3 Å². The van der Waals surface area contributed by atoms with Crippen LogP contribution in [-0.4, -0.2) is 17.5 Å². The van der Waals surface area contributed by atoms with Crippen molar-refractivity contribution in [1.82, 2.24) is 10.4 Å². The quantitative estimate of drug-likeness (QED) is 0.833. The first-order chi connectivity index (χ1) is 7.27. The highest BCUT2D eigenvalue weighted by Crippen LogP contribution is 2.17. The van der Waals surface area contributed by atoms with Gasteiger partial charge in [0.2, 0.25) is 5.91 Å². The third-order valence-electron chi connectivity index (χ3n) is 2.46. The third-order valence-corrected chi connectivity index (χ3v) is 2.83. The van der Waals surface area contributed by atoms with E-state index in [0.717, 1.165) is 18.5 Å². The molecular weight excluding hydrogens is 212 g/mol. The van der Waals surface area contributed by atoms with Crippen LogP contribution in [-0.2, 0) is 11.3 Å². The van der Waals surface area contributed by atoms with Gasteiger partial charge >= 0.3 is 0 Å². The Bertz CT molecular complexity index is 367. The zero-order chi connectivity index (χ0) is 10.7. The second-order valence-electron chi connectivity index (χ2n) is 3.58. The average Bonchev–Trinajstić information content (AvgIpc) is 2.24. The SMILES string of the molecule is O=C1CCCNN1Cc1ccccc1Cl. The van der Waals surface area contributed by atoms with Crippen molar-refractivity contribution >= 4 is 17.5 Å². The molecule has 1 N–H and O–H groups in total. The van der Waals surface area contributed by atoms with Crippen molar-refractivity contribution in [2.24, 2.45) is 0 Å². The number of hydrogen-bond donors (Lipinski definition) is 1. The lowest BCUT2D eigenvalue weighted by molar-refractivity contribution is -0.137. The summed E-state index contributed by atoms with van der Waals surface area (Å²) in [5, 5.41) is 2.35. The summed E-state index contributed by atoms with van der Waals surface area (Å²) in [6.45, 7) is 1.40. The number of halogens is 1. The molecule has 2 rings (SSSR count). The summed E-state index contributed by atoms with van der Waals surface area (Å²) in [5.74, 6) is 0.140. The van der Waals surface area contributed by atoms with Crippen LogP contribution in [0.4, 0.5) is 0 Å². The van der Waals surface area contributed by atoms with Gasteiger partial charge in [-0.25, -0.2) is 5.43 Å². The van der Waals surface area contributed by atoms with Crippen molar-refractivity contribution in [3.05, 3.63) is 34.9 Å². The first-order valence-electron chi connectivity index (χ1n) is 5.04. The molecule has 0 bridgehead atoms. The molecule has 0 atom stereocenters. The van der Waals surface area contributed by atoms with Crippen LogP contribution in [0.3, 0.4) is 0 Å². The molecule has 4 heteroatoms. The Labute approximate surface area is 94.0 Å². The van der Waals surface area contributed by atoms with Crippen molar-refractivity contribution in [2.75, 3.05) is 6.54 Å². The molecule has 1 heterocycles. The summed E-state index contributed by atoms with van der Waals surface area (Å²) in [5.41, 5.74) is 4.04. The van der Waals surface area contributed by atoms with Gasteiger partial charge < -0.3 is 0 Å². The van der Waals surface area contributed by atoms with E-state index in [-0.39, 0.29) is 5.91 Å². The van der Waals surface area contributed by atoms with E-state index in [1.165, 1.54) is 0 Å². The number of rotatable bonds is 2. The molecule has 1 aromatic carbocycles. The van der Waals surface area contributed by atoms with Gasteiger partial charge in [0.15, 0.2) is 0 Å². The Hall–Kier alpha value is -1.06. The van der Waals surface area contributed by atoms with E-state index in [1.807, 2.05) is 24.3 Å². The van der Waals surface area contributed by atoms with Gasteiger partial charge in [-0.15, -0.1) is 0 Å². The van der Waals surface area contributed by atoms with Crippen LogP contribution >= 0.6 is 11.6 Å². The zero-order valence-electron chi connectivity index (χ0n) is 8.37. The van der Waals surface area contributed by atoms with Gasteiger partial charge in [0.25, 0.3) is 0 Å². The molecule has 80 valence electrons. The number of benzene rings is 1. The predicted molar refractivity (Wildman–Crippen MR) is 59.2 cm³/mol. The highest BCUT2D eigenvalue weighted by molar-refractivity contribution is 6.31. The molecule has 15 heavy (non-hydrogen) atoms. The van der Waals surface area contributed by atoms with Crippen LogP contribution in [0, 0.1) is 0 Å². The lowest BCUT2D eigenvalue weighted by atomic mass is 10.2. The summed E-state index contributed by atoms with van der Waals surface area (Å²) in [4.78, 5) is 11.5. The van der Waals surface area contributed by atoms with Gasteiger partial charge in [-0.1, -0.05) is 29.8 Å². The Balaban J connectivity index is 2.08. The van der Waals surface area contributed by atoms with Gasteiger partial charge in [-0.3, -0.25) is 9.80 Å². The molecule has 0 unspecified atom stereocenters. The van der Waals surface area contributed by atoms with Gasteiger partial charge in [0, 0.05) is 18.0 Å². The minimum atomic E-state index is 0.140. The second-order valence-corrected chi connectivity index (χ2v) is 3.99. The molecule has 1 saturated heterocycles. The van der Waals surface area contributed by atoms with Crippen molar-refractivity contribution in [2.45, 2.75) is 19.4 Å². The highest BCUT2D eigenvalue weighted by Gasteiger charge is 2.18. The molecule has 0 saturated carbocycles. The van der Waals surface area contributed by atoms with Gasteiger partial charge in [0.05, 0.1) is 6.54 Å². The van der Waals surface area contributed by atoms with Crippen LogP contribution in [0.5, 0.6) is 0 Å². The van der Waals surface area contributed by atoms with Gasteiger partial charge in [0.1, 0.15) is 0 Å². The molecular formula is C11H13ClN2O. The maximum Gasteiger partial charge on any atom is 0.237 e. The fraction of sp³-hybridized carbons (Fsp3) is 0.364. The van der Waals surface area contributed by atoms with E-state index in [9.17, 15) is 4.79 Å². The monoisotopic (exact) mass is 224 g/mol. The number of carbonyl (C=O) groups is 1. The summed E-state index contributed by atoms with van der Waals surface area (Å²) >= 11 is 6.03. The molecule has 0 spiro atoms. The van der Waals surface area contributed by atoms with Crippen LogP contribution in [0.1, 0.15) is 18.4 Å². The standard InChI is InChI=1S/C11H13ClN2O/c12-10-5-2-1-4-9(10)8-14-11(15)6-3-7-13-14/h1-2,4-5,13H,3,6-8H2. The van der Waals surface area contributed by atoms with Crippen molar-refractivity contribution in [3.8, 4) is 0 Å². The normalized spacial score (nSPS) is 16.9. The smallest absolute Gasteiger partial charge is 0.237 e. The van der Waals surface area contributed by atoms with E-state index in [0.29, 0.717) is 18.0 Å². The molecule has 1 aromatic rings. The molecule has 1 aliphatic heterocycles. The predicted octanol–water partition coefficient (Wildman–Crippen LogP) is 1.97. The maximum absolute atomic E-state index is 11.5. The molecule has 0 radical (unpaired) electrons. The Morgan fingerprint density at radius 2 is 2.20 bits per heavy atom. The number of nitrogens with one attached hydrogen (secondary N) is 1. The van der Waals surface area contributed by atoms with E-state index in [4.69, 9.17) is 11.6 Å². The van der Waals surface area contributed by atoms with Crippen molar-refractivity contribution in [3.63, 3.8) is 0 Å². The zero-order valence-corrected chi connectivity index (χ0v) is 9.13. The fourth-order valence-corrected chi connectivity index (χ4v) is 1.81. The van der Waals surface area contributed by atoms with Gasteiger partial charge in [-0.05, 0) is 18.1 Å². The Morgan fingerprint density at radius 3 is 2.93 bits per heavy atom. The van der Waals surface area contributed by atoms with E-state index in [1.54, 1.807) is 5.01 Å². The molecule has 1 amide bonds. The molecule has 0 aromatic heterocycles. The summed E-state index contributed by atoms with van der Waals surface area (Å²) in [6.07, 6.45) is 1.54. The van der Waals surface area contributed by atoms with E-state index in [2.05, 4.69) is 5.43 Å². The van der Waals surface area contributed by atoms with Crippen LogP contribution in [0.2, 0.25) is 5.02 Å². The average molecular weight is 225 g/mol. The lowest BCUT2D eigenvalue weighted by Crippen LogP contribution is -2.46. The van der Waals surface area contributed by atoms with Crippen LogP contribution < -0.4 is 5.43 Å².